The fourth-order valence-corrected chi connectivity index (χ4v) is 3.56. The van der Waals surface area contributed by atoms with Crippen molar-refractivity contribution in [3.63, 3.8) is 0 Å². The molecule has 2 rings (SSSR count). The zero-order valence-corrected chi connectivity index (χ0v) is 12.9. The summed E-state index contributed by atoms with van der Waals surface area (Å²) in [6.07, 6.45) is 2.65. The molecule has 1 N–H and O–H groups in total. The van der Waals surface area contributed by atoms with E-state index in [0.717, 1.165) is 5.56 Å². The smallest absolute Gasteiger partial charge is 0.244 e. The van der Waals surface area contributed by atoms with Crippen LogP contribution < -0.4 is 4.72 Å². The standard InChI is InChI=1S/C13H12Cl2N2O2S/c1-9(10-3-2-4-11(14)7-10)17-20(18,19)13-8-16-6-5-12(13)15/h2-9,17H,1H3. The van der Waals surface area contributed by atoms with Gasteiger partial charge in [-0.25, -0.2) is 13.1 Å². The third kappa shape index (κ3) is 3.49. The van der Waals surface area contributed by atoms with Crippen LogP contribution in [0.5, 0.6) is 0 Å². The van der Waals surface area contributed by atoms with Crippen LogP contribution >= 0.6 is 23.2 Å². The summed E-state index contributed by atoms with van der Waals surface area (Å²) < 4.78 is 27.1. The molecule has 2 aromatic rings. The molecule has 1 unspecified atom stereocenters. The lowest BCUT2D eigenvalue weighted by molar-refractivity contribution is 0.566. The van der Waals surface area contributed by atoms with Gasteiger partial charge in [0, 0.05) is 23.5 Å². The van der Waals surface area contributed by atoms with Gasteiger partial charge in [0.15, 0.2) is 0 Å². The van der Waals surface area contributed by atoms with Crippen molar-refractivity contribution in [2.75, 3.05) is 0 Å². The first-order valence-corrected chi connectivity index (χ1v) is 8.01. The van der Waals surface area contributed by atoms with E-state index in [-0.39, 0.29) is 9.92 Å². The second-order valence-electron chi connectivity index (χ2n) is 4.20. The van der Waals surface area contributed by atoms with Crippen molar-refractivity contribution in [1.82, 2.24) is 9.71 Å². The Morgan fingerprint density at radius 3 is 2.65 bits per heavy atom. The minimum absolute atomic E-state index is 0.0458. The quantitative estimate of drug-likeness (QED) is 0.934. The fourth-order valence-electron chi connectivity index (χ4n) is 1.70. The first kappa shape index (κ1) is 15.3. The molecule has 20 heavy (non-hydrogen) atoms. The van der Waals surface area contributed by atoms with Gasteiger partial charge in [-0.15, -0.1) is 0 Å². The van der Waals surface area contributed by atoms with Crippen LogP contribution in [0.4, 0.5) is 0 Å². The van der Waals surface area contributed by atoms with E-state index in [1.54, 1.807) is 31.2 Å². The summed E-state index contributed by atoms with van der Waals surface area (Å²) >= 11 is 11.8. The Morgan fingerprint density at radius 2 is 2.00 bits per heavy atom. The number of rotatable bonds is 4. The Balaban J connectivity index is 2.27. The third-order valence-corrected chi connectivity index (χ3v) is 4.95. The number of nitrogens with zero attached hydrogens (tertiary/aromatic N) is 1. The van der Waals surface area contributed by atoms with Crippen molar-refractivity contribution in [3.05, 3.63) is 58.3 Å². The average Bonchev–Trinajstić information content (AvgIpc) is 2.38. The van der Waals surface area contributed by atoms with E-state index in [1.807, 2.05) is 0 Å². The summed E-state index contributed by atoms with van der Waals surface area (Å²) in [4.78, 5) is 3.74. The highest BCUT2D eigenvalue weighted by atomic mass is 35.5. The van der Waals surface area contributed by atoms with Gasteiger partial charge in [-0.1, -0.05) is 35.3 Å². The number of pyridine rings is 1. The van der Waals surface area contributed by atoms with E-state index in [4.69, 9.17) is 23.2 Å². The lowest BCUT2D eigenvalue weighted by atomic mass is 10.1. The van der Waals surface area contributed by atoms with Gasteiger partial charge in [0.25, 0.3) is 0 Å². The van der Waals surface area contributed by atoms with Crippen molar-refractivity contribution in [2.45, 2.75) is 17.9 Å². The molecular weight excluding hydrogens is 319 g/mol. The molecule has 0 aliphatic rings. The average molecular weight is 331 g/mol. The molecule has 0 amide bonds. The van der Waals surface area contributed by atoms with Gasteiger partial charge in [-0.3, -0.25) is 4.98 Å². The molecule has 4 nitrogen and oxygen atoms in total. The van der Waals surface area contributed by atoms with Gasteiger partial charge in [-0.2, -0.15) is 0 Å². The predicted octanol–water partition coefficient (Wildman–Crippen LogP) is 3.43. The van der Waals surface area contributed by atoms with E-state index < -0.39 is 16.1 Å². The number of benzene rings is 1. The molecule has 0 radical (unpaired) electrons. The first-order valence-electron chi connectivity index (χ1n) is 5.77. The second kappa shape index (κ2) is 6.10. The Morgan fingerprint density at radius 1 is 1.25 bits per heavy atom. The zero-order chi connectivity index (χ0) is 14.8. The molecule has 1 atom stereocenters. The van der Waals surface area contributed by atoms with Crippen molar-refractivity contribution >= 4 is 33.2 Å². The largest absolute Gasteiger partial charge is 0.263 e. The van der Waals surface area contributed by atoms with E-state index in [0.29, 0.717) is 5.02 Å². The van der Waals surface area contributed by atoms with Crippen LogP contribution in [-0.2, 0) is 10.0 Å². The molecule has 0 aliphatic heterocycles. The Bertz CT molecular complexity index is 720. The molecule has 0 spiro atoms. The van der Waals surface area contributed by atoms with Crippen molar-refractivity contribution in [2.24, 2.45) is 0 Å². The lowest BCUT2D eigenvalue weighted by Gasteiger charge is -2.15. The van der Waals surface area contributed by atoms with Gasteiger partial charge >= 0.3 is 0 Å². The van der Waals surface area contributed by atoms with Crippen LogP contribution in [0.3, 0.4) is 0 Å². The molecule has 1 aromatic carbocycles. The molecule has 7 heteroatoms. The summed E-state index contributed by atoms with van der Waals surface area (Å²) in [5.41, 5.74) is 0.765. The predicted molar refractivity (Wildman–Crippen MR) is 79.4 cm³/mol. The molecule has 0 saturated carbocycles. The first-order chi connectivity index (χ1) is 9.40. The van der Waals surface area contributed by atoms with Crippen LogP contribution in [0.25, 0.3) is 0 Å². The topological polar surface area (TPSA) is 59.1 Å². The van der Waals surface area contributed by atoms with Crippen LogP contribution in [0.1, 0.15) is 18.5 Å². The summed E-state index contributed by atoms with van der Waals surface area (Å²) in [5.74, 6) is 0. The molecule has 0 bridgehead atoms. The van der Waals surface area contributed by atoms with Gasteiger partial charge in [0.1, 0.15) is 4.90 Å². The van der Waals surface area contributed by atoms with E-state index in [1.165, 1.54) is 18.5 Å². The third-order valence-electron chi connectivity index (χ3n) is 2.70. The monoisotopic (exact) mass is 330 g/mol. The lowest BCUT2D eigenvalue weighted by Crippen LogP contribution is -2.27. The Hall–Kier alpha value is -1.14. The highest BCUT2D eigenvalue weighted by Gasteiger charge is 2.21. The number of aromatic nitrogens is 1. The van der Waals surface area contributed by atoms with Gasteiger partial charge < -0.3 is 0 Å². The maximum Gasteiger partial charge on any atom is 0.244 e. The minimum Gasteiger partial charge on any atom is -0.263 e. The number of sulfonamides is 1. The minimum atomic E-state index is -3.74. The number of nitrogens with one attached hydrogen (secondary N) is 1. The molecule has 1 aromatic heterocycles. The fraction of sp³-hybridized carbons (Fsp3) is 0.154. The maximum absolute atomic E-state index is 12.3. The van der Waals surface area contributed by atoms with Crippen molar-refractivity contribution in [1.29, 1.82) is 0 Å². The SMILES string of the molecule is CC(NS(=O)(=O)c1cnccc1Cl)c1cccc(Cl)c1. The van der Waals surface area contributed by atoms with Gasteiger partial charge in [0.2, 0.25) is 10.0 Å². The number of halogens is 2. The van der Waals surface area contributed by atoms with Gasteiger partial charge in [-0.05, 0) is 30.7 Å². The van der Waals surface area contributed by atoms with Crippen LogP contribution in [-0.4, -0.2) is 13.4 Å². The molecule has 0 fully saturated rings. The van der Waals surface area contributed by atoms with E-state index in [9.17, 15) is 8.42 Å². The zero-order valence-electron chi connectivity index (χ0n) is 10.5. The normalized spacial score (nSPS) is 13.2. The van der Waals surface area contributed by atoms with Crippen LogP contribution in [0, 0.1) is 0 Å². The molecular formula is C13H12Cl2N2O2S. The van der Waals surface area contributed by atoms with Crippen molar-refractivity contribution in [3.8, 4) is 0 Å². The Kier molecular flexibility index (Phi) is 4.65. The molecule has 1 heterocycles. The van der Waals surface area contributed by atoms with E-state index in [2.05, 4.69) is 9.71 Å². The number of hydrogen-bond acceptors (Lipinski definition) is 3. The second-order valence-corrected chi connectivity index (χ2v) is 6.73. The highest BCUT2D eigenvalue weighted by Crippen LogP contribution is 2.23. The summed E-state index contributed by atoms with van der Waals surface area (Å²) in [6.45, 7) is 1.73. The summed E-state index contributed by atoms with van der Waals surface area (Å²) in [6, 6.07) is 7.99. The van der Waals surface area contributed by atoms with Crippen LogP contribution in [0.2, 0.25) is 10.0 Å². The highest BCUT2D eigenvalue weighted by molar-refractivity contribution is 7.89. The summed E-state index contributed by atoms with van der Waals surface area (Å²) in [7, 11) is -3.74. The number of hydrogen-bond donors (Lipinski definition) is 1. The molecule has 0 aliphatic carbocycles. The van der Waals surface area contributed by atoms with Crippen molar-refractivity contribution < 1.29 is 8.42 Å². The maximum atomic E-state index is 12.3. The van der Waals surface area contributed by atoms with E-state index >= 15 is 0 Å². The molecule has 106 valence electrons. The van der Waals surface area contributed by atoms with Gasteiger partial charge in [0.05, 0.1) is 5.02 Å². The Labute approximate surface area is 127 Å². The van der Waals surface area contributed by atoms with Crippen LogP contribution in [0.15, 0.2) is 47.6 Å². The summed E-state index contributed by atoms with van der Waals surface area (Å²) in [5, 5.41) is 0.679. The molecule has 0 saturated heterocycles.